The summed E-state index contributed by atoms with van der Waals surface area (Å²) in [6.45, 7) is 1.80. The molecule has 2 unspecified atom stereocenters. The van der Waals surface area contributed by atoms with E-state index >= 15 is 0 Å². The van der Waals surface area contributed by atoms with Crippen LogP contribution in [0.4, 0.5) is 11.4 Å². The smallest absolute Gasteiger partial charge is 0.335 e. The molecule has 1 fully saturated rings. The predicted octanol–water partition coefficient (Wildman–Crippen LogP) is 8.21. The molecular formula is C34H27N5O2S. The standard InChI is InChI=1S/C34H27N5O2S/c1-19-16-21(34(40)41)17-29(35-19)28-15-14-27(36-28)26-13-12-23(32-33(26)38-42-37-32)20-10-11-25-24-8-5-9-30(24)39(31(25)18-20)22-6-3-2-4-7-22/h2-4,6-7,10-18,24,30,36H,5,8-9H2,1H3,(H,40,41). The van der Waals surface area contributed by atoms with E-state index < -0.39 is 5.97 Å². The molecule has 2 atom stereocenters. The number of carboxylic acid groups (broad SMARTS) is 1. The number of hydrogen-bond acceptors (Lipinski definition) is 6. The first-order valence-electron chi connectivity index (χ1n) is 14.2. The van der Waals surface area contributed by atoms with Gasteiger partial charge in [-0.25, -0.2) is 4.79 Å². The number of para-hydroxylation sites is 1. The fraction of sp³-hybridized carbons (Fsp3) is 0.176. The van der Waals surface area contributed by atoms with E-state index in [4.69, 9.17) is 8.75 Å². The number of nitrogens with one attached hydrogen (secondary N) is 1. The van der Waals surface area contributed by atoms with Crippen LogP contribution in [0.5, 0.6) is 0 Å². The van der Waals surface area contributed by atoms with Crippen molar-refractivity contribution in [2.45, 2.75) is 38.1 Å². The Morgan fingerprint density at radius 3 is 2.52 bits per heavy atom. The van der Waals surface area contributed by atoms with E-state index in [9.17, 15) is 9.90 Å². The third-order valence-electron chi connectivity index (χ3n) is 8.71. The minimum absolute atomic E-state index is 0.216. The molecule has 8 rings (SSSR count). The van der Waals surface area contributed by atoms with Gasteiger partial charge in [0.2, 0.25) is 0 Å². The maximum atomic E-state index is 11.6. The van der Waals surface area contributed by atoms with E-state index in [2.05, 4.69) is 75.5 Å². The average molecular weight is 570 g/mol. The van der Waals surface area contributed by atoms with Crippen molar-refractivity contribution in [2.24, 2.45) is 0 Å². The van der Waals surface area contributed by atoms with Crippen LogP contribution in [0, 0.1) is 6.92 Å². The molecule has 0 amide bonds. The number of aromatic carboxylic acids is 1. The summed E-state index contributed by atoms with van der Waals surface area (Å²) in [5.41, 5.74) is 12.0. The van der Waals surface area contributed by atoms with E-state index in [1.54, 1.807) is 19.1 Å². The Hall–Kier alpha value is -4.82. The Morgan fingerprint density at radius 2 is 1.69 bits per heavy atom. The van der Waals surface area contributed by atoms with Gasteiger partial charge in [0.15, 0.2) is 0 Å². The largest absolute Gasteiger partial charge is 0.478 e. The number of carboxylic acids is 1. The number of rotatable bonds is 5. The molecule has 0 bridgehead atoms. The van der Waals surface area contributed by atoms with Crippen LogP contribution in [0.1, 0.15) is 46.8 Å². The summed E-state index contributed by atoms with van der Waals surface area (Å²) in [4.78, 5) is 22.1. The summed E-state index contributed by atoms with van der Waals surface area (Å²) >= 11 is 1.22. The van der Waals surface area contributed by atoms with Crippen LogP contribution in [0.15, 0.2) is 84.9 Å². The van der Waals surface area contributed by atoms with Crippen LogP contribution in [0.2, 0.25) is 0 Å². The lowest BCUT2D eigenvalue weighted by molar-refractivity contribution is 0.0696. The number of hydrogen-bond donors (Lipinski definition) is 2. The van der Waals surface area contributed by atoms with Crippen molar-refractivity contribution in [1.29, 1.82) is 0 Å². The minimum Gasteiger partial charge on any atom is -0.478 e. The Kier molecular flexibility index (Phi) is 5.72. The van der Waals surface area contributed by atoms with Gasteiger partial charge in [0.25, 0.3) is 0 Å². The van der Waals surface area contributed by atoms with Gasteiger partial charge in [0, 0.05) is 45.8 Å². The first-order chi connectivity index (χ1) is 20.5. The summed E-state index contributed by atoms with van der Waals surface area (Å²) in [7, 11) is 0. The number of aromatic amines is 1. The zero-order chi connectivity index (χ0) is 28.4. The third kappa shape index (κ3) is 3.94. The molecule has 8 heteroatoms. The van der Waals surface area contributed by atoms with Crippen molar-refractivity contribution in [3.05, 3.63) is 102 Å². The number of pyridine rings is 1. The number of fused-ring (bicyclic) bond motifs is 4. The Morgan fingerprint density at radius 1 is 0.905 bits per heavy atom. The zero-order valence-corrected chi connectivity index (χ0v) is 23.7. The molecule has 42 heavy (non-hydrogen) atoms. The van der Waals surface area contributed by atoms with Crippen LogP contribution in [-0.4, -0.2) is 35.8 Å². The van der Waals surface area contributed by atoms with Crippen molar-refractivity contribution in [3.8, 4) is 33.8 Å². The Bertz CT molecular complexity index is 2000. The molecule has 0 radical (unpaired) electrons. The summed E-state index contributed by atoms with van der Waals surface area (Å²) in [5.74, 6) is -0.393. The topological polar surface area (TPSA) is 95.0 Å². The summed E-state index contributed by atoms with van der Waals surface area (Å²) in [6, 6.07) is 29.5. The number of benzene rings is 3. The third-order valence-corrected chi connectivity index (χ3v) is 9.24. The van der Waals surface area contributed by atoms with Gasteiger partial charge in [-0.1, -0.05) is 42.8 Å². The lowest BCUT2D eigenvalue weighted by Crippen LogP contribution is -2.26. The molecule has 2 N–H and O–H groups in total. The van der Waals surface area contributed by atoms with Gasteiger partial charge in [0.05, 0.1) is 28.7 Å². The van der Waals surface area contributed by atoms with E-state index in [1.807, 2.05) is 12.1 Å². The SMILES string of the molecule is Cc1cc(C(=O)O)cc(-c2ccc(-c3ccc(-c4ccc5c(c4)N(c4ccccc4)C4CCCC54)c4nsnc34)[nH]2)n1. The van der Waals surface area contributed by atoms with Crippen LogP contribution < -0.4 is 4.90 Å². The van der Waals surface area contributed by atoms with Crippen molar-refractivity contribution in [1.82, 2.24) is 18.7 Å². The fourth-order valence-corrected chi connectivity index (χ4v) is 7.47. The summed E-state index contributed by atoms with van der Waals surface area (Å²) < 4.78 is 9.45. The first kappa shape index (κ1) is 24.9. The second kappa shape index (κ2) is 9.63. The molecule has 1 aliphatic heterocycles. The number of nitrogens with zero attached hydrogens (tertiary/aromatic N) is 4. The summed E-state index contributed by atoms with van der Waals surface area (Å²) in [5, 5.41) is 9.49. The van der Waals surface area contributed by atoms with Crippen LogP contribution in [0.3, 0.4) is 0 Å². The highest BCUT2D eigenvalue weighted by atomic mass is 32.1. The van der Waals surface area contributed by atoms with E-state index in [-0.39, 0.29) is 5.56 Å². The predicted molar refractivity (Wildman–Crippen MR) is 167 cm³/mol. The monoisotopic (exact) mass is 569 g/mol. The molecule has 2 aliphatic rings. The van der Waals surface area contributed by atoms with Crippen LogP contribution in [-0.2, 0) is 0 Å². The molecule has 0 spiro atoms. The van der Waals surface area contributed by atoms with Gasteiger partial charge in [-0.05, 0) is 79.4 Å². The molecule has 6 aromatic rings. The van der Waals surface area contributed by atoms with Crippen LogP contribution in [0.25, 0.3) is 44.8 Å². The quantitative estimate of drug-likeness (QED) is 0.217. The molecular weight excluding hydrogens is 542 g/mol. The van der Waals surface area contributed by atoms with Gasteiger partial charge in [-0.2, -0.15) is 8.75 Å². The molecule has 3 aromatic carbocycles. The lowest BCUT2D eigenvalue weighted by Gasteiger charge is -2.27. The second-order valence-corrected chi connectivity index (χ2v) is 11.7. The van der Waals surface area contributed by atoms with E-state index in [1.165, 1.54) is 47.9 Å². The molecule has 4 heterocycles. The molecule has 3 aromatic heterocycles. The van der Waals surface area contributed by atoms with E-state index in [0.29, 0.717) is 23.3 Å². The van der Waals surface area contributed by atoms with E-state index in [0.717, 1.165) is 39.1 Å². The molecule has 1 aliphatic carbocycles. The number of anilines is 2. The molecule has 7 nitrogen and oxygen atoms in total. The van der Waals surface area contributed by atoms with Gasteiger partial charge in [0.1, 0.15) is 11.0 Å². The summed E-state index contributed by atoms with van der Waals surface area (Å²) in [6.07, 6.45) is 3.73. The number of H-pyrrole nitrogens is 1. The number of carbonyl (C=O) groups is 1. The number of aryl methyl sites for hydroxylation is 1. The average Bonchev–Trinajstić information content (AvgIpc) is 3.81. The van der Waals surface area contributed by atoms with Crippen molar-refractivity contribution < 1.29 is 9.90 Å². The second-order valence-electron chi connectivity index (χ2n) is 11.2. The minimum atomic E-state index is -0.971. The molecule has 1 saturated carbocycles. The normalized spacial score (nSPS) is 17.5. The molecule has 0 saturated heterocycles. The maximum absolute atomic E-state index is 11.6. The first-order valence-corrected chi connectivity index (χ1v) is 14.9. The van der Waals surface area contributed by atoms with Gasteiger partial charge < -0.3 is 15.0 Å². The van der Waals surface area contributed by atoms with Gasteiger partial charge in [-0.15, -0.1) is 0 Å². The highest BCUT2D eigenvalue weighted by molar-refractivity contribution is 7.00. The lowest BCUT2D eigenvalue weighted by atomic mass is 9.94. The van der Waals surface area contributed by atoms with Gasteiger partial charge in [-0.3, -0.25) is 4.98 Å². The van der Waals surface area contributed by atoms with Crippen LogP contribution >= 0.6 is 11.7 Å². The highest BCUT2D eigenvalue weighted by Gasteiger charge is 2.42. The Balaban J connectivity index is 1.19. The van der Waals surface area contributed by atoms with Crippen molar-refractivity contribution in [3.63, 3.8) is 0 Å². The Labute approximate surface area is 246 Å². The highest BCUT2D eigenvalue weighted by Crippen LogP contribution is 2.53. The van der Waals surface area contributed by atoms with Crippen molar-refractivity contribution >= 4 is 40.1 Å². The fourth-order valence-electron chi connectivity index (χ4n) is 6.89. The van der Waals surface area contributed by atoms with Gasteiger partial charge >= 0.3 is 5.97 Å². The number of aromatic nitrogens is 4. The molecule has 206 valence electrons. The maximum Gasteiger partial charge on any atom is 0.335 e. The van der Waals surface area contributed by atoms with Crippen molar-refractivity contribution in [2.75, 3.05) is 4.90 Å². The zero-order valence-electron chi connectivity index (χ0n) is 22.9.